The van der Waals surface area contributed by atoms with Crippen molar-refractivity contribution >= 4 is 39.4 Å². The van der Waals surface area contributed by atoms with Gasteiger partial charge in [0.1, 0.15) is 5.75 Å². The molecule has 0 saturated carbocycles. The van der Waals surface area contributed by atoms with Gasteiger partial charge in [0.05, 0.1) is 16.8 Å². The van der Waals surface area contributed by atoms with Gasteiger partial charge in [0.2, 0.25) is 0 Å². The monoisotopic (exact) mass is 351 g/mol. The fourth-order valence-corrected chi connectivity index (χ4v) is 2.41. The average Bonchev–Trinajstić information content (AvgIpc) is 2.43. The lowest BCUT2D eigenvalue weighted by Gasteiger charge is -2.06. The predicted octanol–water partition coefficient (Wildman–Crippen LogP) is 5.56. The smallest absolute Gasteiger partial charge is 0.133 e. The van der Waals surface area contributed by atoms with Crippen LogP contribution in [0.4, 0.5) is 5.69 Å². The molecule has 0 heterocycles. The summed E-state index contributed by atoms with van der Waals surface area (Å²) in [5, 5.41) is 0.690. The third-order valence-corrected chi connectivity index (χ3v) is 3.63. The Hall–Kier alpha value is -1.32. The molecule has 0 unspecified atom stereocenters. The molecule has 2 nitrogen and oxygen atoms in total. The summed E-state index contributed by atoms with van der Waals surface area (Å²) >= 11 is 9.47. The van der Waals surface area contributed by atoms with Crippen LogP contribution >= 0.6 is 27.5 Å². The first kappa shape index (κ1) is 15.1. The molecule has 2 rings (SSSR count). The van der Waals surface area contributed by atoms with Gasteiger partial charge in [-0.15, -0.1) is 0 Å². The highest BCUT2D eigenvalue weighted by Gasteiger charge is 2.01. The van der Waals surface area contributed by atoms with Crippen LogP contribution in [0.15, 0.2) is 45.9 Å². The maximum atomic E-state index is 5.98. The van der Waals surface area contributed by atoms with Gasteiger partial charge in [0, 0.05) is 11.2 Å². The molecule has 0 amide bonds. The van der Waals surface area contributed by atoms with Crippen molar-refractivity contribution < 1.29 is 4.74 Å². The minimum atomic E-state index is 0.647. The summed E-state index contributed by atoms with van der Waals surface area (Å²) in [6.45, 7) is 4.62. The fourth-order valence-electron chi connectivity index (χ4n) is 1.74. The van der Waals surface area contributed by atoms with Gasteiger partial charge in [0.15, 0.2) is 0 Å². The van der Waals surface area contributed by atoms with E-state index in [1.807, 2.05) is 56.5 Å². The van der Waals surface area contributed by atoms with Crippen molar-refractivity contribution in [2.75, 3.05) is 6.61 Å². The Labute approximate surface area is 132 Å². The molecule has 2 aromatic carbocycles. The maximum absolute atomic E-state index is 5.98. The van der Waals surface area contributed by atoms with Gasteiger partial charge in [-0.1, -0.05) is 17.7 Å². The van der Waals surface area contributed by atoms with Crippen molar-refractivity contribution in [1.29, 1.82) is 0 Å². The predicted molar refractivity (Wildman–Crippen MR) is 88.8 cm³/mol. The number of benzene rings is 2. The van der Waals surface area contributed by atoms with E-state index in [-0.39, 0.29) is 0 Å². The number of rotatable bonds is 4. The van der Waals surface area contributed by atoms with E-state index in [2.05, 4.69) is 20.9 Å². The molecule has 4 heteroatoms. The van der Waals surface area contributed by atoms with Crippen LogP contribution in [-0.4, -0.2) is 12.8 Å². The van der Waals surface area contributed by atoms with Gasteiger partial charge in [0.25, 0.3) is 0 Å². The molecule has 0 fully saturated rings. The Morgan fingerprint density at radius 2 is 2.05 bits per heavy atom. The second kappa shape index (κ2) is 6.91. The molecule has 0 saturated heterocycles. The summed E-state index contributed by atoms with van der Waals surface area (Å²) in [5.74, 6) is 0.837. The molecule has 0 aliphatic carbocycles. The summed E-state index contributed by atoms with van der Waals surface area (Å²) in [6, 6.07) is 11.6. The second-order valence-electron chi connectivity index (χ2n) is 4.31. The maximum Gasteiger partial charge on any atom is 0.133 e. The molecule has 0 radical (unpaired) electrons. The van der Waals surface area contributed by atoms with Crippen LogP contribution < -0.4 is 4.74 Å². The zero-order valence-electron chi connectivity index (χ0n) is 11.4. The fraction of sp³-hybridized carbons (Fsp3) is 0.188. The number of ether oxygens (including phenoxy) is 1. The molecule has 0 aromatic heterocycles. The van der Waals surface area contributed by atoms with E-state index in [4.69, 9.17) is 16.3 Å². The van der Waals surface area contributed by atoms with Gasteiger partial charge < -0.3 is 4.74 Å². The molecular weight excluding hydrogens is 338 g/mol. The zero-order chi connectivity index (χ0) is 14.5. The number of aliphatic imine (C=N–C) groups is 1. The van der Waals surface area contributed by atoms with Gasteiger partial charge in [-0.05, 0) is 71.2 Å². The average molecular weight is 353 g/mol. The molecule has 0 atom stereocenters. The topological polar surface area (TPSA) is 21.6 Å². The Kier molecular flexibility index (Phi) is 5.21. The van der Waals surface area contributed by atoms with Crippen molar-refractivity contribution in [3.05, 3.63) is 57.0 Å². The molecular formula is C16H15BrClNO. The lowest BCUT2D eigenvalue weighted by Crippen LogP contribution is -1.93. The van der Waals surface area contributed by atoms with Gasteiger partial charge >= 0.3 is 0 Å². The quantitative estimate of drug-likeness (QED) is 0.660. The van der Waals surface area contributed by atoms with Crippen molar-refractivity contribution in [2.24, 2.45) is 4.99 Å². The lowest BCUT2D eigenvalue weighted by atomic mass is 10.2. The minimum absolute atomic E-state index is 0.647. The summed E-state index contributed by atoms with van der Waals surface area (Å²) in [5.41, 5.74) is 2.97. The Bertz CT molecular complexity index is 640. The van der Waals surface area contributed by atoms with Crippen LogP contribution in [0.3, 0.4) is 0 Å². The summed E-state index contributed by atoms with van der Waals surface area (Å²) in [7, 11) is 0. The normalized spacial score (nSPS) is 11.0. The number of aryl methyl sites for hydroxylation is 1. The van der Waals surface area contributed by atoms with Gasteiger partial charge in [-0.3, -0.25) is 4.99 Å². The molecule has 0 aliphatic rings. The van der Waals surface area contributed by atoms with Gasteiger partial charge in [-0.25, -0.2) is 0 Å². The standard InChI is InChI=1S/C16H15BrClNO/c1-3-20-16-7-5-12(8-14(16)17)10-19-15-9-13(18)6-4-11(15)2/h4-10H,3H2,1-2H3. The van der Waals surface area contributed by atoms with Crippen molar-refractivity contribution in [1.82, 2.24) is 0 Å². The largest absolute Gasteiger partial charge is 0.493 e. The molecule has 0 aliphatic heterocycles. The third-order valence-electron chi connectivity index (χ3n) is 2.78. The van der Waals surface area contributed by atoms with Crippen molar-refractivity contribution in [3.8, 4) is 5.75 Å². The van der Waals surface area contributed by atoms with E-state index in [0.29, 0.717) is 11.6 Å². The van der Waals surface area contributed by atoms with Crippen LogP contribution in [0.25, 0.3) is 0 Å². The number of halogens is 2. The van der Waals surface area contributed by atoms with Crippen LogP contribution in [0.1, 0.15) is 18.1 Å². The van der Waals surface area contributed by atoms with Crippen LogP contribution in [0, 0.1) is 6.92 Å². The van der Waals surface area contributed by atoms with Crippen molar-refractivity contribution in [3.63, 3.8) is 0 Å². The Morgan fingerprint density at radius 3 is 2.75 bits per heavy atom. The number of hydrogen-bond donors (Lipinski definition) is 0. The first-order valence-electron chi connectivity index (χ1n) is 6.32. The Balaban J connectivity index is 2.23. The third kappa shape index (κ3) is 3.84. The first-order chi connectivity index (χ1) is 9.60. The minimum Gasteiger partial charge on any atom is -0.493 e. The Morgan fingerprint density at radius 1 is 1.25 bits per heavy atom. The van der Waals surface area contributed by atoms with Crippen LogP contribution in [-0.2, 0) is 0 Å². The molecule has 2 aromatic rings. The molecule has 104 valence electrons. The molecule has 0 N–H and O–H groups in total. The molecule has 0 spiro atoms. The highest BCUT2D eigenvalue weighted by Crippen LogP contribution is 2.26. The molecule has 20 heavy (non-hydrogen) atoms. The number of nitrogens with zero attached hydrogens (tertiary/aromatic N) is 1. The van der Waals surface area contributed by atoms with E-state index in [1.54, 1.807) is 0 Å². The summed E-state index contributed by atoms with van der Waals surface area (Å²) < 4.78 is 6.40. The highest BCUT2D eigenvalue weighted by atomic mass is 79.9. The van der Waals surface area contributed by atoms with Gasteiger partial charge in [-0.2, -0.15) is 0 Å². The van der Waals surface area contributed by atoms with E-state index in [9.17, 15) is 0 Å². The molecule has 0 bridgehead atoms. The van der Waals surface area contributed by atoms with Crippen LogP contribution in [0.2, 0.25) is 5.02 Å². The first-order valence-corrected chi connectivity index (χ1v) is 7.50. The van der Waals surface area contributed by atoms with E-state index in [0.717, 1.165) is 27.0 Å². The SMILES string of the molecule is CCOc1ccc(C=Nc2cc(Cl)ccc2C)cc1Br. The summed E-state index contributed by atoms with van der Waals surface area (Å²) in [6.07, 6.45) is 1.82. The number of hydrogen-bond acceptors (Lipinski definition) is 2. The lowest BCUT2D eigenvalue weighted by molar-refractivity contribution is 0.338. The highest BCUT2D eigenvalue weighted by molar-refractivity contribution is 9.10. The second-order valence-corrected chi connectivity index (χ2v) is 5.60. The van der Waals surface area contributed by atoms with E-state index < -0.39 is 0 Å². The summed E-state index contributed by atoms with van der Waals surface area (Å²) in [4.78, 5) is 4.48. The van der Waals surface area contributed by atoms with E-state index >= 15 is 0 Å². The van der Waals surface area contributed by atoms with Crippen LogP contribution in [0.5, 0.6) is 5.75 Å². The van der Waals surface area contributed by atoms with Crippen molar-refractivity contribution in [2.45, 2.75) is 13.8 Å². The zero-order valence-corrected chi connectivity index (χ0v) is 13.7. The van der Waals surface area contributed by atoms with E-state index in [1.165, 1.54) is 0 Å².